The average molecular weight is 652 g/mol. The Bertz CT molecular complexity index is 1170. The van der Waals surface area contributed by atoms with E-state index in [2.05, 4.69) is 26.3 Å². The Kier molecular flexibility index (Phi) is 16.9. The number of carbonyl (C=O) groups is 5. The van der Waals surface area contributed by atoms with E-state index in [4.69, 9.17) is 34.5 Å². The van der Waals surface area contributed by atoms with Crippen molar-refractivity contribution in [2.24, 2.45) is 39.8 Å². The number of amides is 5. The van der Waals surface area contributed by atoms with E-state index in [0.717, 1.165) is 5.56 Å². The summed E-state index contributed by atoms with van der Waals surface area (Å²) in [4.78, 5) is 68.8. The molecule has 14 nitrogen and oxygen atoms in total. The number of rotatable bonds is 19. The molecular formula is C30H50ClN9O5. The summed E-state index contributed by atoms with van der Waals surface area (Å²) in [6.45, 7) is 9.26. The molecule has 0 aromatic heterocycles. The molecule has 5 atom stereocenters. The van der Waals surface area contributed by atoms with Crippen LogP contribution in [0.3, 0.4) is 0 Å². The van der Waals surface area contributed by atoms with Crippen LogP contribution in [0.1, 0.15) is 65.9 Å². The maximum Gasteiger partial charge on any atom is 0.243 e. The van der Waals surface area contributed by atoms with Gasteiger partial charge >= 0.3 is 0 Å². The van der Waals surface area contributed by atoms with Crippen molar-refractivity contribution in [1.29, 1.82) is 0 Å². The summed E-state index contributed by atoms with van der Waals surface area (Å²) in [6.07, 6.45) is 1.19. The van der Waals surface area contributed by atoms with Crippen molar-refractivity contribution in [3.8, 4) is 0 Å². The molecule has 0 spiro atoms. The van der Waals surface area contributed by atoms with Gasteiger partial charge in [0.05, 0.1) is 6.04 Å². The number of hydrogen-bond donors (Lipinski definition) is 8. The van der Waals surface area contributed by atoms with Gasteiger partial charge in [-0.3, -0.25) is 29.0 Å². The first-order chi connectivity index (χ1) is 21.0. The second kappa shape index (κ2) is 19.5. The molecule has 0 fully saturated rings. The fourth-order valence-electron chi connectivity index (χ4n) is 4.38. The molecule has 0 saturated heterocycles. The third-order valence-corrected chi connectivity index (χ3v) is 6.94. The first kappa shape index (κ1) is 39.1. The molecule has 0 bridgehead atoms. The molecule has 45 heavy (non-hydrogen) atoms. The number of aliphatic imine (C=N–C) groups is 1. The van der Waals surface area contributed by atoms with Gasteiger partial charge in [0.1, 0.15) is 24.2 Å². The van der Waals surface area contributed by atoms with Gasteiger partial charge in [-0.15, -0.1) is 0 Å². The second-order valence-electron chi connectivity index (χ2n) is 12.0. The maximum atomic E-state index is 13.6. The fraction of sp³-hybridized carbons (Fsp3) is 0.600. The maximum absolute atomic E-state index is 13.6. The molecule has 252 valence electrons. The quantitative estimate of drug-likeness (QED) is 0.0563. The Morgan fingerprint density at radius 2 is 1.16 bits per heavy atom. The van der Waals surface area contributed by atoms with E-state index in [0.29, 0.717) is 11.4 Å². The Labute approximate surface area is 270 Å². The lowest BCUT2D eigenvalue weighted by molar-refractivity contribution is -0.135. The van der Waals surface area contributed by atoms with Crippen LogP contribution in [0.5, 0.6) is 0 Å². The van der Waals surface area contributed by atoms with E-state index < -0.39 is 59.7 Å². The predicted molar refractivity (Wildman–Crippen MR) is 175 cm³/mol. The van der Waals surface area contributed by atoms with Crippen molar-refractivity contribution in [2.75, 3.05) is 6.54 Å². The van der Waals surface area contributed by atoms with E-state index in [1.165, 1.54) is 6.92 Å². The number of nitrogens with two attached hydrogens (primary N) is 4. The molecule has 5 amide bonds. The van der Waals surface area contributed by atoms with E-state index >= 15 is 0 Å². The molecule has 0 aliphatic rings. The van der Waals surface area contributed by atoms with Crippen LogP contribution in [-0.2, 0) is 30.4 Å². The Morgan fingerprint density at radius 3 is 1.58 bits per heavy atom. The fourth-order valence-corrected chi connectivity index (χ4v) is 4.51. The molecule has 0 unspecified atom stereocenters. The van der Waals surface area contributed by atoms with Crippen LogP contribution in [0.4, 0.5) is 0 Å². The van der Waals surface area contributed by atoms with Crippen molar-refractivity contribution in [3.63, 3.8) is 0 Å². The SMILES string of the molecule is CC(C)C[C@H](NC(=O)[C@H](CC(C)C)NC(=O)[C@H](Cc1ccc(Cl)cc1)NC(=O)[C@H](C)N)C(=O)N[C@@H](CCCN=C(N)N)C(N)=O. The molecule has 1 rings (SSSR count). The second-order valence-corrected chi connectivity index (χ2v) is 12.4. The molecule has 0 heterocycles. The minimum Gasteiger partial charge on any atom is -0.370 e. The lowest BCUT2D eigenvalue weighted by Crippen LogP contribution is -2.59. The summed E-state index contributed by atoms with van der Waals surface area (Å²) >= 11 is 5.99. The van der Waals surface area contributed by atoms with Gasteiger partial charge in [0.2, 0.25) is 29.5 Å². The van der Waals surface area contributed by atoms with Crippen LogP contribution in [0.2, 0.25) is 5.02 Å². The van der Waals surface area contributed by atoms with Crippen molar-refractivity contribution < 1.29 is 24.0 Å². The molecular weight excluding hydrogens is 602 g/mol. The molecule has 1 aromatic carbocycles. The van der Waals surface area contributed by atoms with E-state index in [1.54, 1.807) is 24.3 Å². The van der Waals surface area contributed by atoms with E-state index in [1.807, 2.05) is 27.7 Å². The zero-order valence-corrected chi connectivity index (χ0v) is 27.5. The van der Waals surface area contributed by atoms with Gasteiger partial charge in [-0.25, -0.2) is 0 Å². The number of nitrogens with one attached hydrogen (secondary N) is 4. The highest BCUT2D eigenvalue weighted by Gasteiger charge is 2.32. The lowest BCUT2D eigenvalue weighted by atomic mass is 9.98. The number of hydrogen-bond acceptors (Lipinski definition) is 7. The van der Waals surface area contributed by atoms with Crippen molar-refractivity contribution in [1.82, 2.24) is 21.3 Å². The highest BCUT2D eigenvalue weighted by Crippen LogP contribution is 2.13. The zero-order valence-electron chi connectivity index (χ0n) is 26.8. The highest BCUT2D eigenvalue weighted by atomic mass is 35.5. The Morgan fingerprint density at radius 1 is 0.711 bits per heavy atom. The summed E-state index contributed by atoms with van der Waals surface area (Å²) in [5.41, 5.74) is 22.6. The molecule has 1 aromatic rings. The number of halogens is 1. The van der Waals surface area contributed by atoms with Gasteiger partial charge in [-0.05, 0) is 62.1 Å². The zero-order chi connectivity index (χ0) is 34.3. The first-order valence-electron chi connectivity index (χ1n) is 15.1. The molecule has 15 heteroatoms. The third-order valence-electron chi connectivity index (χ3n) is 6.69. The normalized spacial score (nSPS) is 14.4. The molecule has 0 saturated carbocycles. The van der Waals surface area contributed by atoms with E-state index in [9.17, 15) is 24.0 Å². The summed E-state index contributed by atoms with van der Waals surface area (Å²) in [5, 5.41) is 11.3. The van der Waals surface area contributed by atoms with Crippen molar-refractivity contribution in [2.45, 2.75) is 96.9 Å². The van der Waals surface area contributed by atoms with E-state index in [-0.39, 0.29) is 50.0 Å². The number of primary amides is 1. The number of benzene rings is 1. The minimum atomic E-state index is -1.04. The van der Waals surface area contributed by atoms with Crippen LogP contribution in [-0.4, -0.2) is 72.2 Å². The van der Waals surface area contributed by atoms with Gasteiger partial charge in [-0.1, -0.05) is 51.4 Å². The summed E-state index contributed by atoms with van der Waals surface area (Å²) in [5.74, 6) is -3.18. The van der Waals surface area contributed by atoms with Gasteiger partial charge in [0, 0.05) is 18.0 Å². The van der Waals surface area contributed by atoms with Crippen molar-refractivity contribution in [3.05, 3.63) is 34.9 Å². The minimum absolute atomic E-state index is 0.00898. The van der Waals surface area contributed by atoms with Crippen LogP contribution in [0, 0.1) is 11.8 Å². The van der Waals surface area contributed by atoms with Crippen LogP contribution in [0.25, 0.3) is 0 Å². The highest BCUT2D eigenvalue weighted by molar-refractivity contribution is 6.30. The van der Waals surface area contributed by atoms with Crippen molar-refractivity contribution >= 4 is 47.1 Å². The standard InChI is InChI=1S/C30H50ClN9O5/c1-16(2)13-22(27(43)37-21(25(33)41)7-6-12-36-30(34)35)39-28(44)23(14-17(3)4)40-29(45)24(38-26(42)18(5)32)15-19-8-10-20(31)11-9-19/h8-11,16-18,21-24H,6-7,12-15,32H2,1-5H3,(H2,33,41)(H,37,43)(H,38,42)(H,39,44)(H,40,45)(H4,34,35,36)/t18-,21-,22-,23-,24-/m0/s1. The monoisotopic (exact) mass is 651 g/mol. The molecule has 0 aliphatic heterocycles. The first-order valence-corrected chi connectivity index (χ1v) is 15.4. The topological polar surface area (TPSA) is 250 Å². The van der Waals surface area contributed by atoms with Crippen LogP contribution in [0.15, 0.2) is 29.3 Å². The van der Waals surface area contributed by atoms with Gasteiger partial charge in [0.15, 0.2) is 5.96 Å². The summed E-state index contributed by atoms with van der Waals surface area (Å²) in [7, 11) is 0. The van der Waals surface area contributed by atoms with Gasteiger partial charge in [0.25, 0.3) is 0 Å². The largest absolute Gasteiger partial charge is 0.370 e. The Hall–Kier alpha value is -3.91. The third kappa shape index (κ3) is 15.6. The Balaban J connectivity index is 3.16. The predicted octanol–water partition coefficient (Wildman–Crippen LogP) is -0.200. The number of carbonyl (C=O) groups excluding carboxylic acids is 5. The van der Waals surface area contributed by atoms with Crippen LogP contribution < -0.4 is 44.2 Å². The number of nitrogens with zero attached hydrogens (tertiary/aromatic N) is 1. The molecule has 0 aliphatic carbocycles. The summed E-state index contributed by atoms with van der Waals surface area (Å²) < 4.78 is 0. The van der Waals surface area contributed by atoms with Gasteiger partial charge in [-0.2, -0.15) is 0 Å². The lowest BCUT2D eigenvalue weighted by Gasteiger charge is -2.28. The molecule has 0 radical (unpaired) electrons. The smallest absolute Gasteiger partial charge is 0.243 e. The summed E-state index contributed by atoms with van der Waals surface area (Å²) in [6, 6.07) is 1.82. The van der Waals surface area contributed by atoms with Gasteiger partial charge < -0.3 is 44.2 Å². The van der Waals surface area contributed by atoms with Crippen LogP contribution >= 0.6 is 11.6 Å². The average Bonchev–Trinajstić information content (AvgIpc) is 2.93. The number of guanidine groups is 1. The molecule has 12 N–H and O–H groups in total.